The average Bonchev–Trinajstić information content (AvgIpc) is 3.14. The third kappa shape index (κ3) is 3.78. The van der Waals surface area contributed by atoms with E-state index in [9.17, 15) is 13.6 Å². The fourth-order valence-electron chi connectivity index (χ4n) is 3.46. The summed E-state index contributed by atoms with van der Waals surface area (Å²) in [6.45, 7) is 1.71. The Morgan fingerprint density at radius 2 is 2.00 bits per heavy atom. The monoisotopic (exact) mass is 368 g/mol. The van der Waals surface area contributed by atoms with Crippen molar-refractivity contribution in [3.8, 4) is 11.4 Å². The Hall–Kier alpha value is -2.93. The molecule has 1 saturated heterocycles. The van der Waals surface area contributed by atoms with E-state index in [4.69, 9.17) is 0 Å². The summed E-state index contributed by atoms with van der Waals surface area (Å²) in [5.74, 6) is -1.05. The number of rotatable bonds is 4. The zero-order valence-electron chi connectivity index (χ0n) is 14.5. The van der Waals surface area contributed by atoms with Gasteiger partial charge in [-0.3, -0.25) is 14.7 Å². The van der Waals surface area contributed by atoms with E-state index in [0.717, 1.165) is 24.6 Å². The normalized spacial score (nSPS) is 17.3. The van der Waals surface area contributed by atoms with Gasteiger partial charge in [0.1, 0.15) is 5.82 Å². The van der Waals surface area contributed by atoms with Gasteiger partial charge in [0, 0.05) is 48.6 Å². The minimum absolute atomic E-state index is 0.0736. The number of likely N-dealkylation sites (tertiary alicyclic amines) is 1. The first-order chi connectivity index (χ1) is 13.1. The maximum atomic E-state index is 13.9. The van der Waals surface area contributed by atoms with Crippen LogP contribution in [-0.4, -0.2) is 32.9 Å². The van der Waals surface area contributed by atoms with Gasteiger partial charge in [0.2, 0.25) is 0 Å². The number of aromatic amines is 1. The van der Waals surface area contributed by atoms with E-state index in [0.29, 0.717) is 30.2 Å². The average molecular weight is 368 g/mol. The number of hydrogen-bond donors (Lipinski definition) is 1. The van der Waals surface area contributed by atoms with Gasteiger partial charge in [-0.2, -0.15) is 0 Å². The number of hydrogen-bond acceptors (Lipinski definition) is 4. The van der Waals surface area contributed by atoms with Gasteiger partial charge in [0.25, 0.3) is 5.56 Å². The summed E-state index contributed by atoms with van der Waals surface area (Å²) in [4.78, 5) is 25.5. The summed E-state index contributed by atoms with van der Waals surface area (Å²) in [5.41, 5.74) is 1.64. The molecule has 27 heavy (non-hydrogen) atoms. The van der Waals surface area contributed by atoms with Gasteiger partial charge in [-0.25, -0.2) is 13.8 Å². The number of halogens is 2. The van der Waals surface area contributed by atoms with E-state index in [1.807, 2.05) is 0 Å². The molecule has 0 amide bonds. The van der Waals surface area contributed by atoms with Crippen LogP contribution in [-0.2, 0) is 6.54 Å². The van der Waals surface area contributed by atoms with Crippen molar-refractivity contribution in [2.75, 3.05) is 13.1 Å². The molecule has 1 unspecified atom stereocenters. The number of nitrogens with zero attached hydrogens (tertiary/aromatic N) is 3. The largest absolute Gasteiger partial charge is 0.307 e. The van der Waals surface area contributed by atoms with E-state index < -0.39 is 11.6 Å². The quantitative estimate of drug-likeness (QED) is 0.769. The van der Waals surface area contributed by atoms with Crippen molar-refractivity contribution < 1.29 is 8.78 Å². The molecule has 0 aliphatic carbocycles. The van der Waals surface area contributed by atoms with Crippen LogP contribution in [0, 0.1) is 11.6 Å². The molecule has 0 saturated carbocycles. The van der Waals surface area contributed by atoms with Crippen LogP contribution in [0.1, 0.15) is 23.6 Å². The lowest BCUT2D eigenvalue weighted by Gasteiger charge is -2.16. The molecule has 1 aliphatic heterocycles. The number of aromatic nitrogens is 3. The Kier molecular flexibility index (Phi) is 4.77. The molecule has 1 fully saturated rings. The maximum absolute atomic E-state index is 13.9. The van der Waals surface area contributed by atoms with E-state index >= 15 is 0 Å². The fourth-order valence-corrected chi connectivity index (χ4v) is 3.46. The molecule has 3 heterocycles. The number of H-pyrrole nitrogens is 1. The molecule has 1 aliphatic rings. The maximum Gasteiger partial charge on any atom is 0.251 e. The molecular formula is C20H18F2N4O. The number of benzene rings is 1. The third-order valence-electron chi connectivity index (χ3n) is 4.83. The highest BCUT2D eigenvalue weighted by Crippen LogP contribution is 2.28. The molecule has 2 aromatic heterocycles. The van der Waals surface area contributed by atoms with Crippen molar-refractivity contribution in [2.24, 2.45) is 0 Å². The highest BCUT2D eigenvalue weighted by atomic mass is 19.2. The Morgan fingerprint density at radius 3 is 2.81 bits per heavy atom. The summed E-state index contributed by atoms with van der Waals surface area (Å²) in [5, 5.41) is 0. The van der Waals surface area contributed by atoms with Crippen LogP contribution in [0.15, 0.2) is 53.6 Å². The molecular weight excluding hydrogens is 350 g/mol. The smallest absolute Gasteiger partial charge is 0.251 e. The number of pyridine rings is 1. The van der Waals surface area contributed by atoms with Crippen molar-refractivity contribution in [1.82, 2.24) is 19.9 Å². The highest BCUT2D eigenvalue weighted by Gasteiger charge is 2.26. The van der Waals surface area contributed by atoms with Gasteiger partial charge >= 0.3 is 0 Å². The van der Waals surface area contributed by atoms with Crippen LogP contribution in [0.4, 0.5) is 8.78 Å². The van der Waals surface area contributed by atoms with Crippen LogP contribution in [0.3, 0.4) is 0 Å². The molecule has 0 spiro atoms. The molecule has 5 nitrogen and oxygen atoms in total. The first-order valence-electron chi connectivity index (χ1n) is 8.77. The Bertz CT molecular complexity index is 1010. The van der Waals surface area contributed by atoms with Crippen molar-refractivity contribution in [3.05, 3.63) is 82.0 Å². The van der Waals surface area contributed by atoms with Gasteiger partial charge < -0.3 is 4.98 Å². The molecule has 4 rings (SSSR count). The first kappa shape index (κ1) is 17.5. The molecule has 3 aromatic rings. The van der Waals surface area contributed by atoms with E-state index in [-0.39, 0.29) is 11.5 Å². The minimum Gasteiger partial charge on any atom is -0.307 e. The predicted molar refractivity (Wildman–Crippen MR) is 97.1 cm³/mol. The summed E-state index contributed by atoms with van der Waals surface area (Å²) in [7, 11) is 0. The van der Waals surface area contributed by atoms with E-state index in [1.54, 1.807) is 30.6 Å². The Labute approximate surface area is 154 Å². The highest BCUT2D eigenvalue weighted by molar-refractivity contribution is 5.53. The van der Waals surface area contributed by atoms with E-state index in [1.165, 1.54) is 12.1 Å². The topological polar surface area (TPSA) is 61.9 Å². The third-order valence-corrected chi connectivity index (χ3v) is 4.83. The van der Waals surface area contributed by atoms with Gasteiger partial charge in [0.05, 0.1) is 5.69 Å². The van der Waals surface area contributed by atoms with Gasteiger partial charge in [-0.15, -0.1) is 0 Å². The van der Waals surface area contributed by atoms with Gasteiger partial charge in [-0.05, 0) is 31.2 Å². The van der Waals surface area contributed by atoms with Crippen LogP contribution in [0.5, 0.6) is 0 Å². The molecule has 138 valence electrons. The Balaban J connectivity index is 1.53. The predicted octanol–water partition coefficient (Wildman–Crippen LogP) is 3.10. The van der Waals surface area contributed by atoms with Crippen LogP contribution >= 0.6 is 0 Å². The lowest BCUT2D eigenvalue weighted by atomic mass is 10.0. The van der Waals surface area contributed by atoms with Crippen molar-refractivity contribution in [2.45, 2.75) is 18.9 Å². The second kappa shape index (κ2) is 7.36. The zero-order valence-corrected chi connectivity index (χ0v) is 14.5. The molecule has 7 heteroatoms. The fraction of sp³-hybridized carbons (Fsp3) is 0.250. The van der Waals surface area contributed by atoms with Crippen molar-refractivity contribution >= 4 is 0 Å². The molecule has 1 atom stereocenters. The van der Waals surface area contributed by atoms with E-state index in [2.05, 4.69) is 19.9 Å². The van der Waals surface area contributed by atoms with Crippen LogP contribution < -0.4 is 5.56 Å². The summed E-state index contributed by atoms with van der Waals surface area (Å²) < 4.78 is 27.3. The van der Waals surface area contributed by atoms with Crippen molar-refractivity contribution in [1.29, 1.82) is 0 Å². The summed E-state index contributed by atoms with van der Waals surface area (Å²) in [6, 6.07) is 9.32. The van der Waals surface area contributed by atoms with Gasteiger partial charge in [0.15, 0.2) is 11.6 Å². The summed E-state index contributed by atoms with van der Waals surface area (Å²) >= 11 is 0. The SMILES string of the molecule is O=c1cc(C2CCN(Cc3cccc(F)c3F)C2)nc(-c2ccncc2)[nH]1. The van der Waals surface area contributed by atoms with Crippen molar-refractivity contribution in [3.63, 3.8) is 0 Å². The van der Waals surface area contributed by atoms with Crippen LogP contribution in [0.2, 0.25) is 0 Å². The molecule has 0 radical (unpaired) electrons. The van der Waals surface area contributed by atoms with Gasteiger partial charge in [-0.1, -0.05) is 12.1 Å². The Morgan fingerprint density at radius 1 is 1.19 bits per heavy atom. The minimum atomic E-state index is -0.832. The molecule has 1 N–H and O–H groups in total. The number of nitrogens with one attached hydrogen (secondary N) is 1. The molecule has 1 aromatic carbocycles. The van der Waals surface area contributed by atoms with Crippen LogP contribution in [0.25, 0.3) is 11.4 Å². The summed E-state index contributed by atoms with van der Waals surface area (Å²) in [6.07, 6.45) is 4.10. The standard InChI is InChI=1S/C20H18F2N4O/c21-16-3-1-2-15(19(16)22)12-26-9-6-14(11-26)17-10-18(27)25-20(24-17)13-4-7-23-8-5-13/h1-5,7-8,10,14H,6,9,11-12H2,(H,24,25,27). The first-order valence-corrected chi connectivity index (χ1v) is 8.77. The second-order valence-electron chi connectivity index (χ2n) is 6.69. The lowest BCUT2D eigenvalue weighted by Crippen LogP contribution is -2.21. The zero-order chi connectivity index (χ0) is 18.8. The molecule has 0 bridgehead atoms. The lowest BCUT2D eigenvalue weighted by molar-refractivity contribution is 0.318. The second-order valence-corrected chi connectivity index (χ2v) is 6.69.